The second-order valence-electron chi connectivity index (χ2n) is 5.52. The Morgan fingerprint density at radius 3 is 2.78 bits per heavy atom. The van der Waals surface area contributed by atoms with Gasteiger partial charge in [0.15, 0.2) is 0 Å². The van der Waals surface area contributed by atoms with Crippen molar-refractivity contribution in [3.05, 3.63) is 0 Å². The quantitative estimate of drug-likeness (QED) is 0.751. The molecule has 5 heteroatoms. The van der Waals surface area contributed by atoms with E-state index in [1.54, 1.807) is 0 Å². The summed E-state index contributed by atoms with van der Waals surface area (Å²) >= 11 is 0. The van der Waals surface area contributed by atoms with Crippen molar-refractivity contribution < 1.29 is 9.90 Å². The Labute approximate surface area is 108 Å². The number of carbonyl (C=O) groups is 1. The maximum absolute atomic E-state index is 11.9. The smallest absolute Gasteiger partial charge is 0.235 e. The van der Waals surface area contributed by atoms with Crippen LogP contribution in [0.1, 0.15) is 32.1 Å². The minimum Gasteiger partial charge on any atom is -0.396 e. The number of nitrogens with zero attached hydrogens (tertiary/aromatic N) is 2. The number of carbonyl (C=O) groups excluding carboxylic acids is 1. The Morgan fingerprint density at radius 1 is 1.50 bits per heavy atom. The molecule has 2 rings (SSSR count). The van der Waals surface area contributed by atoms with Crippen molar-refractivity contribution in [3.63, 3.8) is 0 Å². The fourth-order valence-electron chi connectivity index (χ4n) is 2.96. The Kier molecular flexibility index (Phi) is 4.20. The highest BCUT2D eigenvalue weighted by atomic mass is 16.3. The third-order valence-electron chi connectivity index (χ3n) is 4.05. The number of likely N-dealkylation sites (tertiary alicyclic amines) is 1. The van der Waals surface area contributed by atoms with E-state index in [-0.39, 0.29) is 12.5 Å². The van der Waals surface area contributed by atoms with Gasteiger partial charge in [-0.3, -0.25) is 9.69 Å². The molecule has 2 aliphatic rings. The molecule has 1 saturated carbocycles. The molecule has 1 aliphatic heterocycles. The molecule has 0 bridgehead atoms. The van der Waals surface area contributed by atoms with E-state index >= 15 is 0 Å². The Bertz CT molecular complexity index is 345. The monoisotopic (exact) mass is 251 g/mol. The van der Waals surface area contributed by atoms with Crippen LogP contribution in [0.3, 0.4) is 0 Å². The Hall–Kier alpha value is -1.12. The fraction of sp³-hybridized carbons (Fsp3) is 0.846. The maximum Gasteiger partial charge on any atom is 0.235 e. The number of nitrogens with one attached hydrogen (secondary N) is 1. The zero-order valence-electron chi connectivity index (χ0n) is 10.7. The molecule has 0 aromatic heterocycles. The fourth-order valence-corrected chi connectivity index (χ4v) is 2.96. The second-order valence-corrected chi connectivity index (χ2v) is 5.52. The van der Waals surface area contributed by atoms with Gasteiger partial charge in [-0.05, 0) is 44.6 Å². The van der Waals surface area contributed by atoms with Crippen LogP contribution >= 0.6 is 0 Å². The largest absolute Gasteiger partial charge is 0.396 e. The summed E-state index contributed by atoms with van der Waals surface area (Å²) in [5.41, 5.74) is -0.618. The highest BCUT2D eigenvalue weighted by molar-refractivity contribution is 5.79. The number of hydrogen-bond donors (Lipinski definition) is 2. The lowest BCUT2D eigenvalue weighted by Gasteiger charge is -2.24. The minimum absolute atomic E-state index is 0.0583. The molecule has 1 saturated heterocycles. The zero-order valence-corrected chi connectivity index (χ0v) is 10.7. The maximum atomic E-state index is 11.9. The van der Waals surface area contributed by atoms with Gasteiger partial charge >= 0.3 is 0 Å². The summed E-state index contributed by atoms with van der Waals surface area (Å²) in [6.07, 6.45) is 4.53. The lowest BCUT2D eigenvalue weighted by molar-refractivity contribution is -0.123. The minimum atomic E-state index is -0.618. The SMILES string of the molecule is N#CC1(NC(=O)CN2CCC(CO)C2)CCCC1. The van der Waals surface area contributed by atoms with Gasteiger partial charge in [0.1, 0.15) is 5.54 Å². The molecule has 0 aromatic carbocycles. The van der Waals surface area contributed by atoms with Crippen LogP contribution in [-0.4, -0.2) is 47.7 Å². The molecule has 2 N–H and O–H groups in total. The summed E-state index contributed by atoms with van der Waals surface area (Å²) in [5, 5.41) is 21.1. The molecule has 1 unspecified atom stereocenters. The van der Waals surface area contributed by atoms with Crippen LogP contribution < -0.4 is 5.32 Å². The average molecular weight is 251 g/mol. The number of amides is 1. The molecule has 1 amide bonds. The first-order chi connectivity index (χ1) is 8.67. The number of nitriles is 1. The van der Waals surface area contributed by atoms with E-state index in [1.807, 2.05) is 0 Å². The summed E-state index contributed by atoms with van der Waals surface area (Å²) in [4.78, 5) is 14.0. The van der Waals surface area contributed by atoms with Crippen molar-refractivity contribution >= 4 is 5.91 Å². The van der Waals surface area contributed by atoms with Crippen LogP contribution in [0.4, 0.5) is 0 Å². The molecule has 5 nitrogen and oxygen atoms in total. The Balaban J connectivity index is 1.80. The molecule has 1 atom stereocenters. The van der Waals surface area contributed by atoms with Gasteiger partial charge in [0, 0.05) is 13.2 Å². The normalized spacial score (nSPS) is 27.0. The van der Waals surface area contributed by atoms with Gasteiger partial charge in [-0.25, -0.2) is 0 Å². The van der Waals surface area contributed by atoms with Gasteiger partial charge in [-0.2, -0.15) is 5.26 Å². The summed E-state index contributed by atoms with van der Waals surface area (Å²) in [6.45, 7) is 2.18. The third-order valence-corrected chi connectivity index (χ3v) is 4.05. The number of rotatable bonds is 4. The number of hydrogen-bond acceptors (Lipinski definition) is 4. The van der Waals surface area contributed by atoms with Crippen molar-refractivity contribution in [1.29, 1.82) is 5.26 Å². The van der Waals surface area contributed by atoms with Crippen LogP contribution in [0.2, 0.25) is 0 Å². The molecular formula is C13H21N3O2. The van der Waals surface area contributed by atoms with E-state index in [0.29, 0.717) is 12.5 Å². The first kappa shape index (κ1) is 13.3. The second kappa shape index (κ2) is 5.68. The van der Waals surface area contributed by atoms with Gasteiger partial charge < -0.3 is 10.4 Å². The summed E-state index contributed by atoms with van der Waals surface area (Å²) in [7, 11) is 0. The summed E-state index contributed by atoms with van der Waals surface area (Å²) < 4.78 is 0. The van der Waals surface area contributed by atoms with Crippen LogP contribution in [-0.2, 0) is 4.79 Å². The van der Waals surface area contributed by atoms with Gasteiger partial charge in [0.2, 0.25) is 5.91 Å². The van der Waals surface area contributed by atoms with Crippen LogP contribution in [0, 0.1) is 17.2 Å². The molecule has 2 fully saturated rings. The predicted octanol–water partition coefficient (Wildman–Crippen LogP) is 0.253. The van der Waals surface area contributed by atoms with E-state index < -0.39 is 5.54 Å². The topological polar surface area (TPSA) is 76.4 Å². The summed E-state index contributed by atoms with van der Waals surface area (Å²) in [6, 6.07) is 2.26. The molecule has 1 aliphatic carbocycles. The van der Waals surface area contributed by atoms with Crippen molar-refractivity contribution in [2.45, 2.75) is 37.6 Å². The van der Waals surface area contributed by atoms with E-state index in [1.165, 1.54) is 0 Å². The molecule has 0 radical (unpaired) electrons. The lowest BCUT2D eigenvalue weighted by Crippen LogP contribution is -2.48. The van der Waals surface area contributed by atoms with Gasteiger partial charge in [0.25, 0.3) is 0 Å². The van der Waals surface area contributed by atoms with Gasteiger partial charge in [0.05, 0.1) is 12.6 Å². The lowest BCUT2D eigenvalue weighted by atomic mass is 10.00. The standard InChI is InChI=1S/C13H21N3O2/c14-10-13(4-1-2-5-13)15-12(18)8-16-6-3-11(7-16)9-17/h11,17H,1-9H2,(H,15,18). The van der Waals surface area contributed by atoms with Crippen LogP contribution in [0.15, 0.2) is 0 Å². The predicted molar refractivity (Wildman–Crippen MR) is 66.6 cm³/mol. The van der Waals surface area contributed by atoms with Crippen LogP contribution in [0.25, 0.3) is 0 Å². The highest BCUT2D eigenvalue weighted by Gasteiger charge is 2.36. The van der Waals surface area contributed by atoms with E-state index in [0.717, 1.165) is 45.2 Å². The first-order valence-electron chi connectivity index (χ1n) is 6.73. The third kappa shape index (κ3) is 3.01. The molecule has 0 aromatic rings. The molecule has 1 heterocycles. The van der Waals surface area contributed by atoms with E-state index in [9.17, 15) is 10.1 Å². The molecular weight excluding hydrogens is 230 g/mol. The van der Waals surface area contributed by atoms with Gasteiger partial charge in [-0.15, -0.1) is 0 Å². The van der Waals surface area contributed by atoms with Crippen molar-refractivity contribution in [1.82, 2.24) is 10.2 Å². The number of aliphatic hydroxyl groups excluding tert-OH is 1. The molecule has 100 valence electrons. The highest BCUT2D eigenvalue weighted by Crippen LogP contribution is 2.28. The first-order valence-corrected chi connectivity index (χ1v) is 6.73. The zero-order chi connectivity index (χ0) is 13.0. The molecule has 0 spiro atoms. The van der Waals surface area contributed by atoms with Crippen LogP contribution in [0.5, 0.6) is 0 Å². The van der Waals surface area contributed by atoms with E-state index in [2.05, 4.69) is 16.3 Å². The summed E-state index contributed by atoms with van der Waals surface area (Å²) in [5.74, 6) is 0.242. The van der Waals surface area contributed by atoms with E-state index in [4.69, 9.17) is 5.11 Å². The average Bonchev–Trinajstić information content (AvgIpc) is 2.99. The number of aliphatic hydroxyl groups is 1. The van der Waals surface area contributed by atoms with Crippen molar-refractivity contribution in [3.8, 4) is 6.07 Å². The Morgan fingerprint density at radius 2 is 2.22 bits per heavy atom. The van der Waals surface area contributed by atoms with Crippen molar-refractivity contribution in [2.75, 3.05) is 26.2 Å². The molecule has 18 heavy (non-hydrogen) atoms. The van der Waals surface area contributed by atoms with Gasteiger partial charge in [-0.1, -0.05) is 0 Å². The van der Waals surface area contributed by atoms with Crippen molar-refractivity contribution in [2.24, 2.45) is 5.92 Å².